The van der Waals surface area contributed by atoms with E-state index in [0.29, 0.717) is 13.1 Å². The third kappa shape index (κ3) is 5.75. The fourth-order valence-corrected chi connectivity index (χ4v) is 3.37. The molecule has 2 aromatic carbocycles. The summed E-state index contributed by atoms with van der Waals surface area (Å²) in [5.41, 5.74) is 2.53. The monoisotopic (exact) mass is 398 g/mol. The number of nitrogens with one attached hydrogen (secondary N) is 1. The van der Waals surface area contributed by atoms with Crippen LogP contribution in [0.5, 0.6) is 0 Å². The number of hydrogen-bond acceptors (Lipinski definition) is 6. The number of morpholine rings is 1. The van der Waals surface area contributed by atoms with Crippen LogP contribution in [0.4, 0.5) is 17.1 Å². The average molecular weight is 398 g/mol. The Kier molecular flexibility index (Phi) is 7.15. The van der Waals surface area contributed by atoms with Gasteiger partial charge in [0.25, 0.3) is 5.69 Å². The maximum atomic E-state index is 12.3. The summed E-state index contributed by atoms with van der Waals surface area (Å²) in [5, 5.41) is 13.7. The number of carbonyl (C=O) groups is 1. The van der Waals surface area contributed by atoms with E-state index in [9.17, 15) is 14.9 Å². The van der Waals surface area contributed by atoms with Gasteiger partial charge in [-0.25, -0.2) is 0 Å². The highest BCUT2D eigenvalue weighted by molar-refractivity contribution is 5.93. The van der Waals surface area contributed by atoms with E-state index in [1.54, 1.807) is 18.2 Å². The van der Waals surface area contributed by atoms with Crippen LogP contribution in [0.1, 0.15) is 12.0 Å². The van der Waals surface area contributed by atoms with Crippen molar-refractivity contribution in [1.82, 2.24) is 4.90 Å². The molecule has 0 spiro atoms. The molecule has 0 unspecified atom stereocenters. The van der Waals surface area contributed by atoms with E-state index in [-0.39, 0.29) is 23.7 Å². The highest BCUT2D eigenvalue weighted by atomic mass is 16.6. The molecule has 1 aliphatic heterocycles. The molecule has 1 heterocycles. The van der Waals surface area contributed by atoms with Gasteiger partial charge < -0.3 is 19.9 Å². The Morgan fingerprint density at radius 2 is 1.86 bits per heavy atom. The Hall–Kier alpha value is -2.97. The molecule has 1 N–H and O–H groups in total. The zero-order valence-corrected chi connectivity index (χ0v) is 16.5. The van der Waals surface area contributed by atoms with Crippen LogP contribution in [-0.4, -0.2) is 55.6 Å². The van der Waals surface area contributed by atoms with E-state index in [2.05, 4.69) is 27.2 Å². The molecule has 1 saturated heterocycles. The molecular formula is C21H26N4O4. The van der Waals surface area contributed by atoms with E-state index in [1.165, 1.54) is 17.3 Å². The summed E-state index contributed by atoms with van der Waals surface area (Å²) >= 11 is 0. The molecule has 0 aliphatic carbocycles. The van der Waals surface area contributed by atoms with E-state index in [4.69, 9.17) is 4.74 Å². The molecule has 2 aromatic rings. The van der Waals surface area contributed by atoms with Gasteiger partial charge >= 0.3 is 0 Å². The van der Waals surface area contributed by atoms with Gasteiger partial charge in [-0.1, -0.05) is 30.3 Å². The van der Waals surface area contributed by atoms with Crippen LogP contribution in [0.15, 0.2) is 48.5 Å². The number of para-hydroxylation sites is 3. The quantitative estimate of drug-likeness (QED) is 0.543. The molecule has 0 bridgehead atoms. The molecule has 1 amide bonds. The van der Waals surface area contributed by atoms with Crippen LogP contribution in [0.2, 0.25) is 0 Å². The molecule has 154 valence electrons. The fourth-order valence-electron chi connectivity index (χ4n) is 3.37. The first-order chi connectivity index (χ1) is 14.0. The lowest BCUT2D eigenvalue weighted by Crippen LogP contribution is -2.37. The number of amides is 1. The van der Waals surface area contributed by atoms with Gasteiger partial charge in [0.1, 0.15) is 5.69 Å². The Morgan fingerprint density at radius 3 is 2.62 bits per heavy atom. The second-order valence-electron chi connectivity index (χ2n) is 7.04. The standard InChI is InChI=1S/C21H26N4O4/c1-23(11-10-21(26)22-18-7-3-5-9-20(18)25(27)28)16-17-6-2-4-8-19(17)24-12-14-29-15-13-24/h2-9H,10-16H2,1H3,(H,22,26). The van der Waals surface area contributed by atoms with Crippen molar-refractivity contribution in [3.63, 3.8) is 0 Å². The van der Waals surface area contributed by atoms with E-state index < -0.39 is 4.92 Å². The van der Waals surface area contributed by atoms with Crippen LogP contribution in [-0.2, 0) is 16.1 Å². The number of hydrogen-bond donors (Lipinski definition) is 1. The van der Waals surface area contributed by atoms with Crippen molar-refractivity contribution in [3.05, 3.63) is 64.2 Å². The summed E-state index contributed by atoms with van der Waals surface area (Å²) in [6.07, 6.45) is 0.252. The number of anilines is 2. The van der Waals surface area contributed by atoms with Gasteiger partial charge in [-0.2, -0.15) is 0 Å². The summed E-state index contributed by atoms with van der Waals surface area (Å²) in [5.74, 6) is -0.243. The number of nitro benzene ring substituents is 1. The minimum absolute atomic E-state index is 0.103. The molecule has 8 heteroatoms. The first-order valence-electron chi connectivity index (χ1n) is 9.67. The van der Waals surface area contributed by atoms with E-state index in [0.717, 1.165) is 26.3 Å². The second-order valence-corrected chi connectivity index (χ2v) is 7.04. The summed E-state index contributed by atoms with van der Waals surface area (Å²) in [6.45, 7) is 4.47. The molecule has 0 aromatic heterocycles. The maximum Gasteiger partial charge on any atom is 0.292 e. The summed E-state index contributed by atoms with van der Waals surface area (Å²) in [6, 6.07) is 14.4. The third-order valence-electron chi connectivity index (χ3n) is 4.88. The Labute approximate surface area is 170 Å². The van der Waals surface area contributed by atoms with Crippen LogP contribution in [0.25, 0.3) is 0 Å². The molecular weight excluding hydrogens is 372 g/mol. The first-order valence-corrected chi connectivity index (χ1v) is 9.67. The molecule has 29 heavy (non-hydrogen) atoms. The van der Waals surface area contributed by atoms with Gasteiger partial charge in [0, 0.05) is 44.4 Å². The predicted octanol–water partition coefficient (Wildman–Crippen LogP) is 2.89. The minimum atomic E-state index is -0.496. The Morgan fingerprint density at radius 1 is 1.17 bits per heavy atom. The first kappa shape index (κ1) is 20.8. The number of benzene rings is 2. The summed E-state index contributed by atoms with van der Waals surface area (Å²) in [7, 11) is 1.97. The van der Waals surface area contributed by atoms with Gasteiger partial charge in [0.2, 0.25) is 5.91 Å². The number of nitrogens with zero attached hydrogens (tertiary/aromatic N) is 3. The third-order valence-corrected chi connectivity index (χ3v) is 4.88. The average Bonchev–Trinajstić information content (AvgIpc) is 2.73. The Balaban J connectivity index is 1.55. The lowest BCUT2D eigenvalue weighted by Gasteiger charge is -2.31. The van der Waals surface area contributed by atoms with Crippen molar-refractivity contribution in [1.29, 1.82) is 0 Å². The van der Waals surface area contributed by atoms with Crippen LogP contribution >= 0.6 is 0 Å². The van der Waals surface area contributed by atoms with Gasteiger partial charge in [-0.05, 0) is 24.7 Å². The Bertz CT molecular complexity index is 852. The van der Waals surface area contributed by atoms with Gasteiger partial charge in [0.15, 0.2) is 0 Å². The van der Waals surface area contributed by atoms with Crippen LogP contribution < -0.4 is 10.2 Å². The van der Waals surface area contributed by atoms with E-state index >= 15 is 0 Å². The number of carbonyl (C=O) groups excluding carboxylic acids is 1. The second kappa shape index (κ2) is 9.99. The van der Waals surface area contributed by atoms with Crippen molar-refractivity contribution < 1.29 is 14.5 Å². The molecule has 0 saturated carbocycles. The zero-order valence-electron chi connectivity index (χ0n) is 16.5. The number of ether oxygens (including phenoxy) is 1. The largest absolute Gasteiger partial charge is 0.378 e. The molecule has 1 fully saturated rings. The zero-order chi connectivity index (χ0) is 20.6. The molecule has 1 aliphatic rings. The smallest absolute Gasteiger partial charge is 0.292 e. The highest BCUT2D eigenvalue weighted by Gasteiger charge is 2.17. The molecule has 3 rings (SSSR count). The lowest BCUT2D eigenvalue weighted by molar-refractivity contribution is -0.383. The topological polar surface area (TPSA) is 88.0 Å². The van der Waals surface area contributed by atoms with Crippen molar-refractivity contribution >= 4 is 23.0 Å². The summed E-state index contributed by atoms with van der Waals surface area (Å²) < 4.78 is 5.44. The molecule has 0 atom stereocenters. The number of rotatable bonds is 8. The van der Waals surface area contributed by atoms with Crippen molar-refractivity contribution in [2.75, 3.05) is 50.1 Å². The SMILES string of the molecule is CN(CCC(=O)Nc1ccccc1[N+](=O)[O-])Cc1ccccc1N1CCOCC1. The lowest BCUT2D eigenvalue weighted by atomic mass is 10.1. The molecule has 8 nitrogen and oxygen atoms in total. The van der Waals surface area contributed by atoms with Crippen molar-refractivity contribution in [3.8, 4) is 0 Å². The highest BCUT2D eigenvalue weighted by Crippen LogP contribution is 2.24. The minimum Gasteiger partial charge on any atom is -0.378 e. The maximum absolute atomic E-state index is 12.3. The number of nitro groups is 1. The van der Waals surface area contributed by atoms with Crippen molar-refractivity contribution in [2.24, 2.45) is 0 Å². The van der Waals surface area contributed by atoms with Crippen molar-refractivity contribution in [2.45, 2.75) is 13.0 Å². The van der Waals surface area contributed by atoms with Gasteiger partial charge in [-0.15, -0.1) is 0 Å². The normalized spacial score (nSPS) is 14.1. The van der Waals surface area contributed by atoms with Crippen LogP contribution in [0, 0.1) is 10.1 Å². The fraction of sp³-hybridized carbons (Fsp3) is 0.381. The van der Waals surface area contributed by atoms with Gasteiger partial charge in [-0.3, -0.25) is 14.9 Å². The van der Waals surface area contributed by atoms with Crippen LogP contribution in [0.3, 0.4) is 0 Å². The van der Waals surface area contributed by atoms with Gasteiger partial charge in [0.05, 0.1) is 18.1 Å². The molecule has 0 radical (unpaired) electrons. The summed E-state index contributed by atoms with van der Waals surface area (Å²) in [4.78, 5) is 27.3. The van der Waals surface area contributed by atoms with E-state index in [1.807, 2.05) is 19.2 Å². The predicted molar refractivity (Wildman–Crippen MR) is 112 cm³/mol.